The lowest BCUT2D eigenvalue weighted by Crippen LogP contribution is -2.22. The zero-order valence-corrected chi connectivity index (χ0v) is 12.0. The fourth-order valence-electron chi connectivity index (χ4n) is 1.96. The van der Waals surface area contributed by atoms with E-state index in [-0.39, 0.29) is 18.1 Å². The van der Waals surface area contributed by atoms with E-state index in [0.29, 0.717) is 0 Å². The fourth-order valence-corrected chi connectivity index (χ4v) is 1.96. The predicted molar refractivity (Wildman–Crippen MR) is 74.6 cm³/mol. The van der Waals surface area contributed by atoms with E-state index >= 15 is 0 Å². The molecule has 0 saturated carbocycles. The van der Waals surface area contributed by atoms with Crippen molar-refractivity contribution in [3.63, 3.8) is 0 Å². The Labute approximate surface area is 111 Å². The minimum Gasteiger partial charge on any atom is -0.488 e. The van der Waals surface area contributed by atoms with Gasteiger partial charge >= 0.3 is 0 Å². The summed E-state index contributed by atoms with van der Waals surface area (Å²) in [5.74, 6) is 1.01. The molecule has 0 aliphatic heterocycles. The van der Waals surface area contributed by atoms with Crippen molar-refractivity contribution in [3.05, 3.63) is 29.8 Å². The number of hydrogen-bond donors (Lipinski definition) is 0. The van der Waals surface area contributed by atoms with Gasteiger partial charge in [-0.15, -0.1) is 0 Å². The largest absolute Gasteiger partial charge is 0.488 e. The molecule has 0 amide bonds. The highest BCUT2D eigenvalue weighted by atomic mass is 16.5. The highest BCUT2D eigenvalue weighted by molar-refractivity contribution is 5.30. The van der Waals surface area contributed by atoms with Crippen LogP contribution in [0, 0.1) is 0 Å². The number of unbranched alkanes of at least 4 members (excludes halogenated alkanes) is 1. The third-order valence-electron chi connectivity index (χ3n) is 2.88. The van der Waals surface area contributed by atoms with Crippen LogP contribution in [0.5, 0.6) is 5.75 Å². The van der Waals surface area contributed by atoms with E-state index in [1.54, 1.807) is 0 Å². The summed E-state index contributed by atoms with van der Waals surface area (Å²) in [7, 11) is 0. The number of benzene rings is 1. The molecular weight excluding hydrogens is 224 g/mol. The minimum atomic E-state index is -0.179. The summed E-state index contributed by atoms with van der Waals surface area (Å²) in [6, 6.07) is 7.99. The lowest BCUT2D eigenvalue weighted by atomic mass is 9.94. The van der Waals surface area contributed by atoms with Gasteiger partial charge in [-0.1, -0.05) is 31.9 Å². The maximum Gasteiger partial charge on any atom is 0.120 e. The topological polar surface area (TPSA) is 29.1 Å². The second kappa shape index (κ2) is 6.79. The van der Waals surface area contributed by atoms with Crippen molar-refractivity contribution in [1.82, 2.24) is 0 Å². The van der Waals surface area contributed by atoms with Crippen molar-refractivity contribution in [2.24, 2.45) is 0 Å². The highest BCUT2D eigenvalue weighted by Gasteiger charge is 2.13. The van der Waals surface area contributed by atoms with Crippen LogP contribution < -0.4 is 4.74 Å². The third-order valence-corrected chi connectivity index (χ3v) is 2.88. The Morgan fingerprint density at radius 1 is 1.17 bits per heavy atom. The average Bonchev–Trinajstić information content (AvgIpc) is 2.30. The Morgan fingerprint density at radius 2 is 1.78 bits per heavy atom. The third kappa shape index (κ3) is 5.09. The Balaban J connectivity index is 2.68. The van der Waals surface area contributed by atoms with Crippen molar-refractivity contribution >= 4 is 0 Å². The summed E-state index contributed by atoms with van der Waals surface area (Å²) in [4.78, 5) is 0. The molecule has 0 saturated heterocycles. The zero-order valence-electron chi connectivity index (χ0n) is 12.0. The van der Waals surface area contributed by atoms with Crippen LogP contribution in [-0.4, -0.2) is 12.2 Å². The maximum atomic E-state index is 11.2. The monoisotopic (exact) mass is 249 g/mol. The molecule has 18 heavy (non-hydrogen) atoms. The molecule has 2 nitrogen and oxygen atoms in total. The van der Waals surface area contributed by atoms with Crippen molar-refractivity contribution in [2.75, 3.05) is 6.61 Å². The first-order chi connectivity index (χ1) is 8.46. The lowest BCUT2D eigenvalue weighted by molar-refractivity contribution is 0.130. The van der Waals surface area contributed by atoms with Crippen LogP contribution in [0.1, 0.15) is 58.4 Å². The van der Waals surface area contributed by atoms with E-state index in [9.17, 15) is 5.11 Å². The Bertz CT molecular complexity index is 335. The van der Waals surface area contributed by atoms with Crippen molar-refractivity contribution in [2.45, 2.75) is 58.5 Å². The van der Waals surface area contributed by atoms with Crippen LogP contribution in [0.3, 0.4) is 0 Å². The molecule has 1 radical (unpaired) electrons. The van der Waals surface area contributed by atoms with Crippen LogP contribution in [0.2, 0.25) is 0 Å². The van der Waals surface area contributed by atoms with Crippen LogP contribution in [0.4, 0.5) is 0 Å². The van der Waals surface area contributed by atoms with Gasteiger partial charge in [0.15, 0.2) is 0 Å². The first-order valence-corrected chi connectivity index (χ1v) is 6.83. The van der Waals surface area contributed by atoms with E-state index in [4.69, 9.17) is 4.74 Å². The normalized spacial score (nSPS) is 13.4. The van der Waals surface area contributed by atoms with Gasteiger partial charge in [0.25, 0.3) is 0 Å². The molecule has 0 aliphatic rings. The van der Waals surface area contributed by atoms with E-state index in [1.807, 2.05) is 45.0 Å². The second-order valence-corrected chi connectivity index (χ2v) is 5.79. The van der Waals surface area contributed by atoms with Gasteiger partial charge < -0.3 is 4.74 Å². The van der Waals surface area contributed by atoms with Gasteiger partial charge in [0, 0.05) is 5.92 Å². The molecule has 1 rings (SSSR count). The number of ether oxygens (including phenoxy) is 1. The molecule has 0 aliphatic carbocycles. The molecule has 2 heteroatoms. The van der Waals surface area contributed by atoms with Crippen molar-refractivity contribution < 1.29 is 9.84 Å². The molecule has 0 spiro atoms. The minimum absolute atomic E-state index is 0.0283. The maximum absolute atomic E-state index is 11.2. The zero-order chi connectivity index (χ0) is 13.6. The molecule has 0 heterocycles. The molecule has 0 N–H and O–H groups in total. The van der Waals surface area contributed by atoms with Crippen LogP contribution >= 0.6 is 0 Å². The smallest absolute Gasteiger partial charge is 0.120 e. The summed E-state index contributed by atoms with van der Waals surface area (Å²) in [6.45, 7) is 8.22. The molecule has 0 fully saturated rings. The van der Waals surface area contributed by atoms with Gasteiger partial charge in [0.05, 0.1) is 6.61 Å². The summed E-state index contributed by atoms with van der Waals surface area (Å²) >= 11 is 0. The summed E-state index contributed by atoms with van der Waals surface area (Å²) < 4.78 is 5.77. The Morgan fingerprint density at radius 3 is 2.22 bits per heavy atom. The molecule has 0 aromatic heterocycles. The number of hydrogen-bond acceptors (Lipinski definition) is 1. The first kappa shape index (κ1) is 15.0. The molecule has 1 unspecified atom stereocenters. The van der Waals surface area contributed by atoms with Gasteiger partial charge in [-0.2, -0.15) is 0 Å². The quantitative estimate of drug-likeness (QED) is 0.726. The first-order valence-electron chi connectivity index (χ1n) is 6.83. The second-order valence-electron chi connectivity index (χ2n) is 5.79. The molecule has 0 bridgehead atoms. The molecule has 1 atom stereocenters. The average molecular weight is 249 g/mol. The van der Waals surface area contributed by atoms with Crippen molar-refractivity contribution in [3.8, 4) is 5.75 Å². The van der Waals surface area contributed by atoms with Crippen LogP contribution in [-0.2, 0) is 5.11 Å². The van der Waals surface area contributed by atoms with Crippen LogP contribution in [0.25, 0.3) is 0 Å². The molecule has 101 valence electrons. The number of rotatable bonds is 6. The van der Waals surface area contributed by atoms with E-state index < -0.39 is 0 Å². The van der Waals surface area contributed by atoms with Gasteiger partial charge in [-0.05, 0) is 44.9 Å². The van der Waals surface area contributed by atoms with Gasteiger partial charge in [-0.25, -0.2) is 5.11 Å². The van der Waals surface area contributed by atoms with Gasteiger partial charge in [0.2, 0.25) is 0 Å². The van der Waals surface area contributed by atoms with Crippen LogP contribution in [0.15, 0.2) is 24.3 Å². The van der Waals surface area contributed by atoms with Gasteiger partial charge in [0.1, 0.15) is 11.4 Å². The van der Waals surface area contributed by atoms with Gasteiger partial charge in [-0.3, -0.25) is 0 Å². The van der Waals surface area contributed by atoms with E-state index in [0.717, 1.165) is 30.6 Å². The summed E-state index contributed by atoms with van der Waals surface area (Å²) in [5, 5.41) is 11.2. The van der Waals surface area contributed by atoms with Crippen molar-refractivity contribution in [1.29, 1.82) is 0 Å². The van der Waals surface area contributed by atoms with E-state index in [2.05, 4.69) is 6.92 Å². The highest BCUT2D eigenvalue weighted by Crippen LogP contribution is 2.25. The summed E-state index contributed by atoms with van der Waals surface area (Å²) in [5.41, 5.74) is 0.960. The Hall–Kier alpha value is -1.02. The Kier molecular flexibility index (Phi) is 5.67. The standard InChI is InChI=1S/C16H25O2/c1-5-6-7-14(12-17)13-8-10-15(11-9-13)18-16(2,3)4/h8-11,14H,5-7,12H2,1-4H3. The lowest BCUT2D eigenvalue weighted by Gasteiger charge is -2.22. The molecule has 1 aromatic rings. The fraction of sp³-hybridized carbons (Fsp3) is 0.625. The van der Waals surface area contributed by atoms with E-state index in [1.165, 1.54) is 0 Å². The molecule has 1 aromatic carbocycles. The predicted octanol–water partition coefficient (Wildman–Crippen LogP) is 4.57. The SMILES string of the molecule is CCCCC(C[O])c1ccc(OC(C)(C)C)cc1. The summed E-state index contributed by atoms with van der Waals surface area (Å²) in [6.07, 6.45) is 3.24. The molecular formula is C16H25O2.